The number of rotatable bonds is 5. The molecule has 2 aromatic carbocycles. The molecule has 0 aromatic heterocycles. The number of hydrogen-bond acceptors (Lipinski definition) is 4. The Hall–Kier alpha value is -2.73. The number of nitrogens with one attached hydrogen (secondary N) is 1. The maximum absolute atomic E-state index is 12.0. The van der Waals surface area contributed by atoms with Gasteiger partial charge < -0.3 is 11.1 Å². The van der Waals surface area contributed by atoms with Gasteiger partial charge >= 0.3 is 0 Å². The predicted octanol–water partition coefficient (Wildman–Crippen LogP) is 2.93. The van der Waals surface area contributed by atoms with Crippen LogP contribution >= 0.6 is 0 Å². The highest BCUT2D eigenvalue weighted by atomic mass is 16.6. The molecule has 1 amide bonds. The van der Waals surface area contributed by atoms with Gasteiger partial charge in [0.05, 0.1) is 4.92 Å². The number of hydrogen-bond donors (Lipinski definition) is 2. The zero-order valence-electron chi connectivity index (χ0n) is 12.2. The SMILES string of the molecule is Cc1ccc(NC(=O)CC(N)c2ccccc2)cc1[N+](=O)[O-]. The Morgan fingerprint density at radius 2 is 1.95 bits per heavy atom. The highest BCUT2D eigenvalue weighted by Gasteiger charge is 2.14. The monoisotopic (exact) mass is 299 g/mol. The summed E-state index contributed by atoms with van der Waals surface area (Å²) in [5.41, 5.74) is 7.76. The summed E-state index contributed by atoms with van der Waals surface area (Å²) in [5.74, 6) is -0.283. The standard InChI is InChI=1S/C16H17N3O3/c1-11-7-8-13(9-15(11)19(21)22)18-16(20)10-14(17)12-5-3-2-4-6-12/h2-9,14H,10,17H2,1H3,(H,18,20). The average molecular weight is 299 g/mol. The molecule has 1 unspecified atom stereocenters. The molecule has 2 rings (SSSR count). The highest BCUT2D eigenvalue weighted by molar-refractivity contribution is 5.91. The summed E-state index contributed by atoms with van der Waals surface area (Å²) in [6.07, 6.45) is 0.103. The first-order valence-electron chi connectivity index (χ1n) is 6.83. The van der Waals surface area contributed by atoms with E-state index in [2.05, 4.69) is 5.32 Å². The Morgan fingerprint density at radius 3 is 2.59 bits per heavy atom. The fraction of sp³-hybridized carbons (Fsp3) is 0.188. The molecule has 1 atom stereocenters. The van der Waals surface area contributed by atoms with Crippen molar-refractivity contribution in [3.8, 4) is 0 Å². The summed E-state index contributed by atoms with van der Waals surface area (Å²) in [6, 6.07) is 13.5. The number of carbonyl (C=O) groups is 1. The number of benzene rings is 2. The molecule has 0 bridgehead atoms. The topological polar surface area (TPSA) is 98.3 Å². The van der Waals surface area contributed by atoms with Crippen LogP contribution < -0.4 is 11.1 Å². The van der Waals surface area contributed by atoms with Crippen molar-refractivity contribution in [3.63, 3.8) is 0 Å². The van der Waals surface area contributed by atoms with Crippen molar-refractivity contribution >= 4 is 17.3 Å². The quantitative estimate of drug-likeness (QED) is 0.655. The van der Waals surface area contributed by atoms with Gasteiger partial charge in [0.15, 0.2) is 0 Å². The van der Waals surface area contributed by atoms with Crippen LogP contribution in [0.4, 0.5) is 11.4 Å². The number of aryl methyl sites for hydroxylation is 1. The van der Waals surface area contributed by atoms with Gasteiger partial charge in [-0.1, -0.05) is 36.4 Å². The van der Waals surface area contributed by atoms with Gasteiger partial charge in [0.1, 0.15) is 0 Å². The van der Waals surface area contributed by atoms with Crippen molar-refractivity contribution in [1.29, 1.82) is 0 Å². The van der Waals surface area contributed by atoms with Crippen LogP contribution in [0.15, 0.2) is 48.5 Å². The summed E-state index contributed by atoms with van der Waals surface area (Å²) in [6.45, 7) is 1.65. The molecule has 0 radical (unpaired) electrons. The van der Waals surface area contributed by atoms with Crippen LogP contribution in [0.25, 0.3) is 0 Å². The van der Waals surface area contributed by atoms with E-state index in [1.165, 1.54) is 6.07 Å². The molecular weight excluding hydrogens is 282 g/mol. The third kappa shape index (κ3) is 3.89. The van der Waals surface area contributed by atoms with Crippen molar-refractivity contribution in [2.24, 2.45) is 5.73 Å². The lowest BCUT2D eigenvalue weighted by Gasteiger charge is -2.12. The maximum atomic E-state index is 12.0. The summed E-state index contributed by atoms with van der Waals surface area (Å²) >= 11 is 0. The minimum atomic E-state index is -0.472. The molecule has 22 heavy (non-hydrogen) atoms. The molecule has 6 nitrogen and oxygen atoms in total. The van der Waals surface area contributed by atoms with Gasteiger partial charge in [-0.2, -0.15) is 0 Å². The van der Waals surface area contributed by atoms with E-state index in [0.29, 0.717) is 11.3 Å². The third-order valence-electron chi connectivity index (χ3n) is 3.32. The minimum absolute atomic E-state index is 0.0230. The largest absolute Gasteiger partial charge is 0.326 e. The van der Waals surface area contributed by atoms with E-state index >= 15 is 0 Å². The number of nitro benzene ring substituents is 1. The van der Waals surface area contributed by atoms with E-state index < -0.39 is 11.0 Å². The molecule has 0 saturated carbocycles. The number of nitrogens with zero attached hydrogens (tertiary/aromatic N) is 1. The van der Waals surface area contributed by atoms with Crippen molar-refractivity contribution in [2.45, 2.75) is 19.4 Å². The molecular formula is C16H17N3O3. The minimum Gasteiger partial charge on any atom is -0.326 e. The van der Waals surface area contributed by atoms with Crippen molar-refractivity contribution in [3.05, 3.63) is 69.8 Å². The smallest absolute Gasteiger partial charge is 0.274 e. The molecule has 0 fully saturated rings. The number of anilines is 1. The Labute approximate surface area is 128 Å². The molecule has 0 saturated heterocycles. The Kier molecular flexibility index (Phi) is 4.85. The van der Waals surface area contributed by atoms with E-state index in [9.17, 15) is 14.9 Å². The second-order valence-electron chi connectivity index (χ2n) is 5.03. The van der Waals surface area contributed by atoms with Gasteiger partial charge in [-0.25, -0.2) is 0 Å². The van der Waals surface area contributed by atoms with Crippen LogP contribution in [0.5, 0.6) is 0 Å². The van der Waals surface area contributed by atoms with Crippen LogP contribution in [0.3, 0.4) is 0 Å². The number of carbonyl (C=O) groups excluding carboxylic acids is 1. The first-order chi connectivity index (χ1) is 10.5. The van der Waals surface area contributed by atoms with Gasteiger partial charge in [0.2, 0.25) is 5.91 Å². The Morgan fingerprint density at radius 1 is 1.27 bits per heavy atom. The molecule has 114 valence electrons. The second kappa shape index (κ2) is 6.82. The van der Waals surface area contributed by atoms with Crippen LogP contribution in [-0.2, 0) is 4.79 Å². The second-order valence-corrected chi connectivity index (χ2v) is 5.03. The molecule has 0 heterocycles. The van der Waals surface area contributed by atoms with Gasteiger partial charge in [-0.05, 0) is 18.6 Å². The maximum Gasteiger partial charge on any atom is 0.274 e. The zero-order chi connectivity index (χ0) is 16.1. The normalized spacial score (nSPS) is 11.7. The molecule has 2 aromatic rings. The first-order valence-corrected chi connectivity index (χ1v) is 6.83. The fourth-order valence-electron chi connectivity index (χ4n) is 2.11. The summed E-state index contributed by atoms with van der Waals surface area (Å²) in [7, 11) is 0. The van der Waals surface area contributed by atoms with Crippen molar-refractivity contribution < 1.29 is 9.72 Å². The van der Waals surface area contributed by atoms with Crippen LogP contribution in [0.2, 0.25) is 0 Å². The first kappa shape index (κ1) is 15.7. The highest BCUT2D eigenvalue weighted by Crippen LogP contribution is 2.23. The average Bonchev–Trinajstić information content (AvgIpc) is 2.49. The molecule has 0 aliphatic carbocycles. The van der Waals surface area contributed by atoms with E-state index in [4.69, 9.17) is 5.73 Å². The lowest BCUT2D eigenvalue weighted by molar-refractivity contribution is -0.385. The van der Waals surface area contributed by atoms with Crippen LogP contribution in [-0.4, -0.2) is 10.8 Å². The summed E-state index contributed by atoms with van der Waals surface area (Å²) in [4.78, 5) is 22.4. The van der Waals surface area contributed by atoms with Crippen molar-refractivity contribution in [1.82, 2.24) is 0 Å². The number of nitro groups is 1. The lowest BCUT2D eigenvalue weighted by atomic mass is 10.0. The van der Waals surface area contributed by atoms with Gasteiger partial charge in [-0.15, -0.1) is 0 Å². The molecule has 0 spiro atoms. The summed E-state index contributed by atoms with van der Waals surface area (Å²) < 4.78 is 0. The van der Waals surface area contributed by atoms with Gasteiger partial charge in [0, 0.05) is 29.8 Å². The third-order valence-corrected chi connectivity index (χ3v) is 3.32. The number of nitrogens with two attached hydrogens (primary N) is 1. The zero-order valence-corrected chi connectivity index (χ0v) is 12.2. The van der Waals surface area contributed by atoms with E-state index in [1.54, 1.807) is 19.1 Å². The fourth-order valence-corrected chi connectivity index (χ4v) is 2.11. The Bertz CT molecular complexity index is 686. The van der Waals surface area contributed by atoms with Crippen LogP contribution in [0.1, 0.15) is 23.6 Å². The summed E-state index contributed by atoms with van der Waals surface area (Å²) in [5, 5.41) is 13.5. The van der Waals surface area contributed by atoms with Gasteiger partial charge in [0.25, 0.3) is 5.69 Å². The Balaban J connectivity index is 2.03. The molecule has 6 heteroatoms. The van der Waals surface area contributed by atoms with E-state index in [1.807, 2.05) is 30.3 Å². The lowest BCUT2D eigenvalue weighted by Crippen LogP contribution is -2.20. The van der Waals surface area contributed by atoms with E-state index in [0.717, 1.165) is 5.56 Å². The molecule has 3 N–H and O–H groups in total. The van der Waals surface area contributed by atoms with Crippen molar-refractivity contribution in [2.75, 3.05) is 5.32 Å². The number of amides is 1. The predicted molar refractivity (Wildman–Crippen MR) is 84.5 cm³/mol. The van der Waals surface area contributed by atoms with E-state index in [-0.39, 0.29) is 18.0 Å². The molecule has 0 aliphatic heterocycles. The van der Waals surface area contributed by atoms with Crippen LogP contribution in [0, 0.1) is 17.0 Å². The molecule has 0 aliphatic rings. The van der Waals surface area contributed by atoms with Gasteiger partial charge in [-0.3, -0.25) is 14.9 Å².